The summed E-state index contributed by atoms with van der Waals surface area (Å²) in [7, 11) is 2.83. The number of benzene rings is 2. The molecular weight excluding hydrogens is 432 g/mol. The predicted molar refractivity (Wildman–Crippen MR) is 129 cm³/mol. The van der Waals surface area contributed by atoms with Crippen LogP contribution in [-0.2, 0) is 14.3 Å². The van der Waals surface area contributed by atoms with Crippen molar-refractivity contribution in [3.05, 3.63) is 53.6 Å². The van der Waals surface area contributed by atoms with Crippen LogP contribution in [0.2, 0.25) is 0 Å². The summed E-state index contributed by atoms with van der Waals surface area (Å²) in [5.41, 5.74) is 4.52. The van der Waals surface area contributed by atoms with Gasteiger partial charge in [-0.1, -0.05) is 13.0 Å². The number of carbonyl (C=O) groups excluding carboxylic acids is 2. The number of amides is 1. The van der Waals surface area contributed by atoms with Gasteiger partial charge in [-0.15, -0.1) is 0 Å². The smallest absolute Gasteiger partial charge is 0.409 e. The van der Waals surface area contributed by atoms with Gasteiger partial charge in [0, 0.05) is 24.8 Å². The normalized spacial score (nSPS) is 19.5. The van der Waals surface area contributed by atoms with E-state index in [2.05, 4.69) is 41.4 Å². The lowest BCUT2D eigenvalue weighted by atomic mass is 9.92. The first-order valence-corrected chi connectivity index (χ1v) is 11.6. The molecule has 0 radical (unpaired) electrons. The minimum Gasteiger partial charge on any atom is -0.469 e. The number of carbonyl (C=O) groups is 2. The van der Waals surface area contributed by atoms with Crippen molar-refractivity contribution >= 4 is 29.1 Å². The van der Waals surface area contributed by atoms with Crippen molar-refractivity contribution in [1.82, 2.24) is 4.90 Å². The molecule has 2 aromatic rings. The molecule has 3 atom stereocenters. The summed E-state index contributed by atoms with van der Waals surface area (Å²) in [5, 5.41) is 12.6. The number of nitrogens with one attached hydrogen (secondary N) is 1. The molecule has 178 valence electrons. The molecule has 8 heteroatoms. The average molecular weight is 463 g/mol. The average Bonchev–Trinajstić information content (AvgIpc) is 3.48. The van der Waals surface area contributed by atoms with Gasteiger partial charge in [0.05, 0.1) is 49.7 Å². The highest BCUT2D eigenvalue weighted by molar-refractivity contribution is 5.79. The van der Waals surface area contributed by atoms with E-state index in [1.54, 1.807) is 12.1 Å². The maximum atomic E-state index is 12.1. The van der Waals surface area contributed by atoms with Crippen LogP contribution in [0.3, 0.4) is 0 Å². The summed E-state index contributed by atoms with van der Waals surface area (Å²) < 4.78 is 9.84. The summed E-state index contributed by atoms with van der Waals surface area (Å²) in [6.45, 7) is 3.44. The van der Waals surface area contributed by atoms with Crippen LogP contribution in [0.5, 0.6) is 0 Å². The number of hydrogen-bond donors (Lipinski definition) is 1. The lowest BCUT2D eigenvalue weighted by Crippen LogP contribution is -2.49. The molecule has 2 saturated heterocycles. The third-order valence-electron chi connectivity index (χ3n) is 6.88. The Bertz CT molecular complexity index is 1090. The fourth-order valence-corrected chi connectivity index (χ4v) is 5.03. The SMILES string of the molecule is CCC(CC(=O)OC)c1ccc(N2C[C@@H]3C[C@H]2CN3C(=O)OC)c(Nc2ccc(C#N)cc2)c1. The Morgan fingerprint density at radius 1 is 1.12 bits per heavy atom. The second kappa shape index (κ2) is 10.0. The summed E-state index contributed by atoms with van der Waals surface area (Å²) >= 11 is 0. The van der Waals surface area contributed by atoms with E-state index < -0.39 is 0 Å². The fraction of sp³-hybridized carbons (Fsp3) is 0.423. The highest BCUT2D eigenvalue weighted by Crippen LogP contribution is 2.41. The number of nitriles is 1. The van der Waals surface area contributed by atoms with Crippen molar-refractivity contribution in [3.8, 4) is 6.07 Å². The standard InChI is InChI=1S/C26H30N4O4/c1-4-18(12-25(31)33-2)19-7-10-24(23(11-19)28-20-8-5-17(14-27)6-9-20)29-15-22-13-21(29)16-30(22)26(32)34-3/h5-11,18,21-22,28H,4,12-13,15-16H2,1-3H3/t18?,21-,22-/m0/s1. The molecule has 2 fully saturated rings. The molecular formula is C26H30N4O4. The van der Waals surface area contributed by atoms with Crippen LogP contribution >= 0.6 is 0 Å². The van der Waals surface area contributed by atoms with E-state index in [1.807, 2.05) is 17.0 Å². The van der Waals surface area contributed by atoms with Crippen molar-refractivity contribution in [2.45, 2.75) is 44.2 Å². The Labute approximate surface area is 200 Å². The Hall–Kier alpha value is -3.73. The number of rotatable bonds is 7. The van der Waals surface area contributed by atoms with Crippen LogP contribution in [0.4, 0.5) is 21.9 Å². The minimum absolute atomic E-state index is 0.0489. The van der Waals surface area contributed by atoms with Crippen LogP contribution < -0.4 is 10.2 Å². The largest absolute Gasteiger partial charge is 0.469 e. The summed E-state index contributed by atoms with van der Waals surface area (Å²) in [4.78, 5) is 28.2. The minimum atomic E-state index is -0.271. The summed E-state index contributed by atoms with van der Waals surface area (Å²) in [6.07, 6.45) is 1.78. The number of fused-ring (bicyclic) bond motifs is 2. The van der Waals surface area contributed by atoms with Gasteiger partial charge < -0.3 is 24.6 Å². The molecule has 1 amide bonds. The lowest BCUT2D eigenvalue weighted by Gasteiger charge is -2.36. The van der Waals surface area contributed by atoms with Gasteiger partial charge in [-0.05, 0) is 60.7 Å². The zero-order valence-electron chi connectivity index (χ0n) is 19.8. The van der Waals surface area contributed by atoms with Gasteiger partial charge in [0.25, 0.3) is 0 Å². The molecule has 1 unspecified atom stereocenters. The molecule has 4 rings (SSSR count). The van der Waals surface area contributed by atoms with Crippen LogP contribution in [0.1, 0.15) is 43.2 Å². The first-order chi connectivity index (χ1) is 16.5. The number of esters is 1. The van der Waals surface area contributed by atoms with E-state index in [1.165, 1.54) is 14.2 Å². The lowest BCUT2D eigenvalue weighted by molar-refractivity contribution is -0.141. The molecule has 0 spiro atoms. The third kappa shape index (κ3) is 4.65. The highest BCUT2D eigenvalue weighted by atomic mass is 16.5. The van der Waals surface area contributed by atoms with E-state index in [-0.39, 0.29) is 30.1 Å². The monoisotopic (exact) mass is 462 g/mol. The Balaban J connectivity index is 1.65. The maximum Gasteiger partial charge on any atom is 0.409 e. The molecule has 34 heavy (non-hydrogen) atoms. The molecule has 8 nitrogen and oxygen atoms in total. The number of anilines is 3. The van der Waals surface area contributed by atoms with E-state index in [9.17, 15) is 9.59 Å². The van der Waals surface area contributed by atoms with Gasteiger partial charge in [-0.25, -0.2) is 4.79 Å². The Morgan fingerprint density at radius 2 is 1.88 bits per heavy atom. The zero-order chi connectivity index (χ0) is 24.2. The fourth-order valence-electron chi connectivity index (χ4n) is 5.03. The first kappa shape index (κ1) is 23.4. The van der Waals surface area contributed by atoms with Crippen molar-refractivity contribution in [1.29, 1.82) is 5.26 Å². The molecule has 0 saturated carbocycles. The topological polar surface area (TPSA) is 94.9 Å². The summed E-state index contributed by atoms with van der Waals surface area (Å²) in [6, 6.07) is 16.1. The Kier molecular flexibility index (Phi) is 6.92. The molecule has 2 aliphatic rings. The van der Waals surface area contributed by atoms with Gasteiger partial charge >= 0.3 is 12.1 Å². The third-order valence-corrected chi connectivity index (χ3v) is 6.88. The number of piperazine rings is 1. The molecule has 0 aromatic heterocycles. The van der Waals surface area contributed by atoms with E-state index in [0.29, 0.717) is 18.5 Å². The molecule has 2 bridgehead atoms. The molecule has 2 aliphatic heterocycles. The number of ether oxygens (including phenoxy) is 2. The van der Waals surface area contributed by atoms with Gasteiger partial charge in [0.2, 0.25) is 0 Å². The van der Waals surface area contributed by atoms with Crippen molar-refractivity contribution < 1.29 is 19.1 Å². The molecule has 2 aromatic carbocycles. The van der Waals surface area contributed by atoms with Crippen LogP contribution in [0.15, 0.2) is 42.5 Å². The number of nitrogens with zero attached hydrogens (tertiary/aromatic N) is 3. The van der Waals surface area contributed by atoms with Gasteiger partial charge in [-0.3, -0.25) is 4.79 Å². The summed E-state index contributed by atoms with van der Waals surface area (Å²) in [5.74, 6) is -0.176. The van der Waals surface area contributed by atoms with Crippen molar-refractivity contribution in [2.75, 3.05) is 37.5 Å². The van der Waals surface area contributed by atoms with E-state index in [0.717, 1.165) is 42.0 Å². The zero-order valence-corrected chi connectivity index (χ0v) is 19.8. The second-order valence-corrected chi connectivity index (χ2v) is 8.79. The second-order valence-electron chi connectivity index (χ2n) is 8.79. The molecule has 1 N–H and O–H groups in total. The van der Waals surface area contributed by atoms with E-state index in [4.69, 9.17) is 14.7 Å². The predicted octanol–water partition coefficient (Wildman–Crippen LogP) is 4.39. The van der Waals surface area contributed by atoms with Crippen LogP contribution in [0, 0.1) is 11.3 Å². The Morgan fingerprint density at radius 3 is 2.47 bits per heavy atom. The van der Waals surface area contributed by atoms with Crippen molar-refractivity contribution in [3.63, 3.8) is 0 Å². The van der Waals surface area contributed by atoms with Crippen LogP contribution in [0.25, 0.3) is 0 Å². The first-order valence-electron chi connectivity index (χ1n) is 11.6. The highest BCUT2D eigenvalue weighted by Gasteiger charge is 2.46. The van der Waals surface area contributed by atoms with Gasteiger partial charge in [0.1, 0.15) is 0 Å². The van der Waals surface area contributed by atoms with Crippen LogP contribution in [-0.4, -0.2) is 56.4 Å². The number of hydrogen-bond acceptors (Lipinski definition) is 7. The number of likely N-dealkylation sites (tertiary alicyclic amines) is 1. The van der Waals surface area contributed by atoms with Gasteiger partial charge in [0.15, 0.2) is 0 Å². The number of methoxy groups -OCH3 is 2. The van der Waals surface area contributed by atoms with Gasteiger partial charge in [-0.2, -0.15) is 5.26 Å². The van der Waals surface area contributed by atoms with E-state index >= 15 is 0 Å². The maximum absolute atomic E-state index is 12.1. The quantitative estimate of drug-likeness (QED) is 0.610. The molecule has 2 heterocycles. The van der Waals surface area contributed by atoms with Crippen molar-refractivity contribution in [2.24, 2.45) is 0 Å². The molecule has 0 aliphatic carbocycles.